The molecular formula is C21H25N5O2. The molecule has 0 bridgehead atoms. The Labute approximate surface area is 163 Å². The second kappa shape index (κ2) is 7.42. The zero-order valence-electron chi connectivity index (χ0n) is 16.9. The van der Waals surface area contributed by atoms with Gasteiger partial charge in [-0.25, -0.2) is 9.67 Å². The van der Waals surface area contributed by atoms with E-state index in [-0.39, 0.29) is 17.4 Å². The van der Waals surface area contributed by atoms with Gasteiger partial charge in [0.15, 0.2) is 11.4 Å². The smallest absolute Gasteiger partial charge is 0.253 e. The first-order valence-electron chi connectivity index (χ1n) is 9.20. The summed E-state index contributed by atoms with van der Waals surface area (Å²) in [6.45, 7) is 13.7. The molecule has 0 radical (unpaired) electrons. The number of pyridine rings is 2. The second-order valence-electron chi connectivity index (χ2n) is 7.31. The van der Waals surface area contributed by atoms with E-state index in [1.165, 1.54) is 6.92 Å². The fraction of sp³-hybridized carbons (Fsp3) is 0.333. The van der Waals surface area contributed by atoms with Gasteiger partial charge in [0.05, 0.1) is 6.20 Å². The van der Waals surface area contributed by atoms with Gasteiger partial charge in [0.2, 0.25) is 0 Å². The minimum Gasteiger partial charge on any atom is -0.381 e. The molecule has 146 valence electrons. The molecule has 0 atom stereocenters. The first-order valence-corrected chi connectivity index (χ1v) is 9.20. The Morgan fingerprint density at radius 1 is 1.32 bits per heavy atom. The monoisotopic (exact) mass is 379 g/mol. The van der Waals surface area contributed by atoms with Gasteiger partial charge in [-0.05, 0) is 45.4 Å². The summed E-state index contributed by atoms with van der Waals surface area (Å²) in [5, 5.41) is 8.45. The first kappa shape index (κ1) is 19.5. The Hall–Kier alpha value is -3.22. The van der Waals surface area contributed by atoms with E-state index in [0.29, 0.717) is 29.1 Å². The van der Waals surface area contributed by atoms with Crippen molar-refractivity contribution in [3.05, 3.63) is 63.3 Å². The van der Waals surface area contributed by atoms with Gasteiger partial charge >= 0.3 is 0 Å². The van der Waals surface area contributed by atoms with Gasteiger partial charge in [0.25, 0.3) is 5.56 Å². The molecule has 3 aromatic heterocycles. The van der Waals surface area contributed by atoms with Crippen molar-refractivity contribution in [3.63, 3.8) is 0 Å². The van der Waals surface area contributed by atoms with Gasteiger partial charge in [-0.3, -0.25) is 9.59 Å². The van der Waals surface area contributed by atoms with Crippen LogP contribution in [0, 0.1) is 13.8 Å². The van der Waals surface area contributed by atoms with E-state index in [0.717, 1.165) is 22.2 Å². The number of nitrogens with one attached hydrogen (secondary N) is 2. The van der Waals surface area contributed by atoms with Crippen LogP contribution in [-0.2, 0) is 6.54 Å². The van der Waals surface area contributed by atoms with Crippen molar-refractivity contribution in [1.82, 2.24) is 25.1 Å². The molecule has 3 heterocycles. The number of fused-ring (bicyclic) bond motifs is 1. The molecule has 0 aromatic carbocycles. The van der Waals surface area contributed by atoms with Gasteiger partial charge in [0.1, 0.15) is 5.69 Å². The van der Waals surface area contributed by atoms with Crippen molar-refractivity contribution in [2.24, 2.45) is 0 Å². The zero-order chi connectivity index (χ0) is 20.6. The van der Waals surface area contributed by atoms with Crippen molar-refractivity contribution >= 4 is 22.5 Å². The number of Topliss-reactive ketones (excluding diaryl/α,β-unsaturated/α-hetero) is 1. The summed E-state index contributed by atoms with van der Waals surface area (Å²) in [7, 11) is 0. The summed E-state index contributed by atoms with van der Waals surface area (Å²) in [4.78, 5) is 31.5. The summed E-state index contributed by atoms with van der Waals surface area (Å²) in [6, 6.07) is 3.76. The third kappa shape index (κ3) is 3.60. The number of rotatable bonds is 6. The number of H-pyrrole nitrogens is 1. The molecule has 7 nitrogen and oxygen atoms in total. The van der Waals surface area contributed by atoms with E-state index in [1.54, 1.807) is 16.9 Å². The van der Waals surface area contributed by atoms with Crippen molar-refractivity contribution < 1.29 is 4.79 Å². The van der Waals surface area contributed by atoms with Crippen LogP contribution in [0.4, 0.5) is 0 Å². The number of aromatic nitrogens is 4. The lowest BCUT2D eigenvalue weighted by Crippen LogP contribution is -2.22. The Bertz CT molecular complexity index is 1140. The van der Waals surface area contributed by atoms with Crippen molar-refractivity contribution in [3.8, 4) is 0 Å². The van der Waals surface area contributed by atoms with Crippen LogP contribution >= 0.6 is 0 Å². The highest BCUT2D eigenvalue weighted by Crippen LogP contribution is 2.25. The van der Waals surface area contributed by atoms with Crippen LogP contribution in [-0.4, -0.2) is 25.5 Å². The fourth-order valence-corrected chi connectivity index (χ4v) is 3.22. The predicted molar refractivity (Wildman–Crippen MR) is 110 cm³/mol. The molecule has 0 unspecified atom stereocenters. The van der Waals surface area contributed by atoms with E-state index < -0.39 is 0 Å². The molecule has 3 rings (SSSR count). The Morgan fingerprint density at radius 3 is 2.64 bits per heavy atom. The van der Waals surface area contributed by atoms with Crippen LogP contribution in [0.5, 0.6) is 0 Å². The number of aryl methyl sites for hydroxylation is 2. The lowest BCUT2D eigenvalue weighted by molar-refractivity contribution is 0.101. The van der Waals surface area contributed by atoms with Crippen molar-refractivity contribution in [2.75, 3.05) is 0 Å². The highest BCUT2D eigenvalue weighted by molar-refractivity contribution is 5.98. The quantitative estimate of drug-likeness (QED) is 0.641. The van der Waals surface area contributed by atoms with Gasteiger partial charge < -0.3 is 10.3 Å². The number of ketones is 1. The summed E-state index contributed by atoms with van der Waals surface area (Å²) in [6.07, 6.45) is 1.73. The second-order valence-corrected chi connectivity index (χ2v) is 7.31. The van der Waals surface area contributed by atoms with Crippen LogP contribution in [0.3, 0.4) is 0 Å². The molecule has 0 aliphatic carbocycles. The van der Waals surface area contributed by atoms with Crippen LogP contribution in [0.1, 0.15) is 59.7 Å². The third-order valence-corrected chi connectivity index (χ3v) is 4.71. The lowest BCUT2D eigenvalue weighted by atomic mass is 10.1. The summed E-state index contributed by atoms with van der Waals surface area (Å²) >= 11 is 0. The van der Waals surface area contributed by atoms with E-state index in [2.05, 4.69) is 27.0 Å². The maximum Gasteiger partial charge on any atom is 0.253 e. The minimum absolute atomic E-state index is 0.107. The normalized spacial score (nSPS) is 11.2. The number of aromatic amines is 1. The predicted octanol–water partition coefficient (Wildman–Crippen LogP) is 3.28. The largest absolute Gasteiger partial charge is 0.381 e. The standard InChI is InChI=1S/C21H25N5O2/c1-11(2)26-20-18(10-23-26)16(8-19(25-20)15(6)27)14(5)22-9-17-12(3)7-13(4)24-21(17)28/h7-8,10-11,22H,5,9H2,1-4,6H3,(H,24,28). The molecule has 28 heavy (non-hydrogen) atoms. The highest BCUT2D eigenvalue weighted by Gasteiger charge is 2.17. The van der Waals surface area contributed by atoms with Crippen molar-refractivity contribution in [2.45, 2.75) is 47.2 Å². The summed E-state index contributed by atoms with van der Waals surface area (Å²) in [5.74, 6) is -0.127. The molecule has 0 spiro atoms. The third-order valence-electron chi connectivity index (χ3n) is 4.71. The van der Waals surface area contributed by atoms with Crippen LogP contribution < -0.4 is 10.9 Å². The number of carbonyl (C=O) groups is 1. The molecular weight excluding hydrogens is 354 g/mol. The molecule has 7 heteroatoms. The van der Waals surface area contributed by atoms with Gasteiger partial charge in [-0.2, -0.15) is 5.10 Å². The molecule has 0 aliphatic heterocycles. The highest BCUT2D eigenvalue weighted by atomic mass is 16.1. The van der Waals surface area contributed by atoms with E-state index >= 15 is 0 Å². The maximum absolute atomic E-state index is 12.3. The molecule has 0 amide bonds. The first-order chi connectivity index (χ1) is 13.2. The van der Waals surface area contributed by atoms with Gasteiger partial charge in [0, 0.05) is 47.4 Å². The molecule has 0 saturated heterocycles. The van der Waals surface area contributed by atoms with Gasteiger partial charge in [-0.1, -0.05) is 6.58 Å². The molecule has 0 aliphatic rings. The Balaban J connectivity index is 2.00. The van der Waals surface area contributed by atoms with Crippen LogP contribution in [0.15, 0.2) is 29.7 Å². The number of hydrogen-bond acceptors (Lipinski definition) is 5. The Morgan fingerprint density at radius 2 is 2.04 bits per heavy atom. The maximum atomic E-state index is 12.3. The fourth-order valence-electron chi connectivity index (χ4n) is 3.22. The van der Waals surface area contributed by atoms with Crippen molar-refractivity contribution in [1.29, 1.82) is 0 Å². The SMILES string of the molecule is C=C(NCc1c(C)cc(C)[nH]c1=O)c1cc(C(C)=O)nc2c1cnn2C(C)C. The average molecular weight is 379 g/mol. The lowest BCUT2D eigenvalue weighted by Gasteiger charge is -2.14. The summed E-state index contributed by atoms with van der Waals surface area (Å²) in [5.41, 5.74) is 4.64. The van der Waals surface area contributed by atoms with Crippen LogP contribution in [0.2, 0.25) is 0 Å². The number of nitrogens with zero attached hydrogens (tertiary/aromatic N) is 3. The van der Waals surface area contributed by atoms with Gasteiger partial charge in [-0.15, -0.1) is 0 Å². The van der Waals surface area contributed by atoms with E-state index in [1.807, 2.05) is 33.8 Å². The topological polar surface area (TPSA) is 92.7 Å². The molecule has 3 aromatic rings. The van der Waals surface area contributed by atoms with E-state index in [9.17, 15) is 9.59 Å². The van der Waals surface area contributed by atoms with E-state index in [4.69, 9.17) is 0 Å². The summed E-state index contributed by atoms with van der Waals surface area (Å²) < 4.78 is 1.79. The molecule has 0 saturated carbocycles. The Kier molecular flexibility index (Phi) is 5.18. The number of carbonyl (C=O) groups excluding carboxylic acids is 1. The molecule has 2 N–H and O–H groups in total. The molecule has 0 fully saturated rings. The van der Waals surface area contributed by atoms with Crippen LogP contribution in [0.25, 0.3) is 16.7 Å². The average Bonchev–Trinajstić information content (AvgIpc) is 3.03. The minimum atomic E-state index is -0.127. The number of hydrogen-bond donors (Lipinski definition) is 2. The zero-order valence-corrected chi connectivity index (χ0v) is 16.9.